The van der Waals surface area contributed by atoms with Gasteiger partial charge in [0, 0.05) is 23.6 Å². The summed E-state index contributed by atoms with van der Waals surface area (Å²) in [4.78, 5) is 16.6. The van der Waals surface area contributed by atoms with Gasteiger partial charge in [0.25, 0.3) is 5.60 Å². The molecule has 232 valence electrons. The zero-order chi connectivity index (χ0) is 32.0. The lowest BCUT2D eigenvalue weighted by Crippen LogP contribution is -2.43. The van der Waals surface area contributed by atoms with Gasteiger partial charge in [-0.05, 0) is 35.4 Å². The van der Waals surface area contributed by atoms with Crippen molar-refractivity contribution >= 4 is 34.0 Å². The van der Waals surface area contributed by atoms with E-state index >= 15 is 0 Å². The summed E-state index contributed by atoms with van der Waals surface area (Å²) in [7, 11) is 0. The van der Waals surface area contributed by atoms with Gasteiger partial charge in [-0.25, -0.2) is 4.39 Å². The molecule has 1 aliphatic heterocycles. The van der Waals surface area contributed by atoms with Crippen LogP contribution in [0.3, 0.4) is 0 Å². The van der Waals surface area contributed by atoms with E-state index < -0.39 is 77.6 Å². The molecule has 0 saturated carbocycles. The summed E-state index contributed by atoms with van der Waals surface area (Å²) >= 11 is 5.56. The van der Waals surface area contributed by atoms with Crippen LogP contribution in [0.2, 0.25) is 5.02 Å². The van der Waals surface area contributed by atoms with Crippen LogP contribution in [0, 0.1) is 5.82 Å². The monoisotopic (exact) mass is 643 g/mol. The van der Waals surface area contributed by atoms with Crippen molar-refractivity contribution in [1.82, 2.24) is 10.6 Å². The van der Waals surface area contributed by atoms with E-state index in [1.54, 1.807) is 36.5 Å². The van der Waals surface area contributed by atoms with Gasteiger partial charge in [0.1, 0.15) is 6.54 Å². The summed E-state index contributed by atoms with van der Waals surface area (Å²) in [5, 5.41) is 7.75. The lowest BCUT2D eigenvalue weighted by Gasteiger charge is -2.30. The van der Waals surface area contributed by atoms with Gasteiger partial charge in [0.2, 0.25) is 5.91 Å². The molecule has 2 unspecified atom stereocenters. The predicted octanol–water partition coefficient (Wildman–Crippen LogP) is 7.56. The van der Waals surface area contributed by atoms with Gasteiger partial charge in [-0.3, -0.25) is 4.79 Å². The third-order valence-corrected chi connectivity index (χ3v) is 7.05. The van der Waals surface area contributed by atoms with Gasteiger partial charge < -0.3 is 15.5 Å². The van der Waals surface area contributed by atoms with Crippen LogP contribution in [-0.2, 0) is 21.4 Å². The van der Waals surface area contributed by atoms with E-state index in [-0.39, 0.29) is 17.3 Å². The molecule has 1 amide bonds. The summed E-state index contributed by atoms with van der Waals surface area (Å²) in [6.07, 6.45) is -16.3. The largest absolute Gasteiger partial charge is 0.435 e. The van der Waals surface area contributed by atoms with Gasteiger partial charge in [-0.1, -0.05) is 53.2 Å². The average Bonchev–Trinajstić information content (AvgIpc) is 3.37. The number of oxime groups is 1. The molecule has 3 aromatic carbocycles. The van der Waals surface area contributed by atoms with Crippen LogP contribution in [-0.4, -0.2) is 37.1 Å². The first-order chi connectivity index (χ1) is 19.8. The molecule has 0 saturated heterocycles. The minimum Gasteiger partial charge on any atom is -0.374 e. The number of amides is 1. The number of alkyl halides is 9. The van der Waals surface area contributed by atoms with Crippen LogP contribution in [0.1, 0.15) is 41.6 Å². The summed E-state index contributed by atoms with van der Waals surface area (Å²) in [6.45, 7) is -0.368. The van der Waals surface area contributed by atoms with Gasteiger partial charge >= 0.3 is 18.5 Å². The van der Waals surface area contributed by atoms with Crippen molar-refractivity contribution in [3.63, 3.8) is 0 Å². The number of fused-ring (bicyclic) bond motifs is 1. The molecular formula is C27H20ClF10N3O2. The minimum atomic E-state index is -5.35. The number of rotatable bonds is 7. The molecule has 0 bridgehead atoms. The van der Waals surface area contributed by atoms with E-state index in [2.05, 4.69) is 10.5 Å². The molecule has 5 nitrogen and oxygen atoms in total. The second-order valence-electron chi connectivity index (χ2n) is 9.69. The first-order valence-corrected chi connectivity index (χ1v) is 12.7. The molecule has 0 aliphatic carbocycles. The number of carbonyl (C=O) groups excluding carboxylic acids is 1. The maximum Gasteiger partial charge on any atom is 0.435 e. The third kappa shape index (κ3) is 6.66. The zero-order valence-corrected chi connectivity index (χ0v) is 22.5. The van der Waals surface area contributed by atoms with Gasteiger partial charge in [-0.15, -0.1) is 0 Å². The average molecular weight is 644 g/mol. The fourth-order valence-electron chi connectivity index (χ4n) is 4.65. The van der Waals surface area contributed by atoms with E-state index in [0.29, 0.717) is 22.4 Å². The Balaban J connectivity index is 1.67. The van der Waals surface area contributed by atoms with Crippen molar-refractivity contribution in [1.29, 1.82) is 0 Å². The predicted molar refractivity (Wildman–Crippen MR) is 136 cm³/mol. The number of nitrogens with one attached hydrogen (secondary N) is 2. The molecule has 16 heteroatoms. The zero-order valence-electron chi connectivity index (χ0n) is 21.7. The lowest BCUT2D eigenvalue weighted by atomic mass is 9.84. The molecule has 0 aromatic heterocycles. The van der Waals surface area contributed by atoms with Gasteiger partial charge in [-0.2, -0.15) is 39.5 Å². The second kappa shape index (κ2) is 11.5. The molecule has 4 rings (SSSR count). The maximum atomic E-state index is 14.5. The van der Waals surface area contributed by atoms with E-state index in [0.717, 1.165) is 0 Å². The molecular weight excluding hydrogens is 624 g/mol. The van der Waals surface area contributed by atoms with Crippen molar-refractivity contribution in [2.24, 2.45) is 5.16 Å². The van der Waals surface area contributed by atoms with Crippen molar-refractivity contribution in [2.75, 3.05) is 13.1 Å². The number of halogens is 11. The maximum absolute atomic E-state index is 14.5. The highest BCUT2D eigenvalue weighted by atomic mass is 35.5. The van der Waals surface area contributed by atoms with Crippen LogP contribution in [0.4, 0.5) is 43.9 Å². The number of hydrogen-bond donors (Lipinski definition) is 2. The first kappa shape index (κ1) is 32.3. The quantitative estimate of drug-likeness (QED) is 0.261. The SMILES string of the molecule is CC(NCC(=O)NCC(F)(F)F)c1ccc(C2=NOC(c3cc(Cl)c(F)c(C(F)(F)F)c3)(C(F)(F)F)C2)c2ccccc12. The Kier molecular flexibility index (Phi) is 8.64. The Morgan fingerprint density at radius 3 is 2.28 bits per heavy atom. The Morgan fingerprint density at radius 1 is 1.02 bits per heavy atom. The molecule has 0 spiro atoms. The molecule has 1 heterocycles. The van der Waals surface area contributed by atoms with Gasteiger partial charge in [0.15, 0.2) is 5.82 Å². The molecule has 0 radical (unpaired) electrons. The van der Waals surface area contributed by atoms with E-state index in [1.807, 2.05) is 0 Å². The Bertz CT molecular complexity index is 1570. The van der Waals surface area contributed by atoms with E-state index in [1.165, 1.54) is 12.1 Å². The highest BCUT2D eigenvalue weighted by Crippen LogP contribution is 2.51. The number of benzene rings is 3. The molecule has 2 atom stereocenters. The van der Waals surface area contributed by atoms with Crippen molar-refractivity contribution in [3.8, 4) is 0 Å². The highest BCUT2D eigenvalue weighted by Gasteiger charge is 2.63. The number of carbonyl (C=O) groups is 1. The summed E-state index contributed by atoms with van der Waals surface area (Å²) in [5.41, 5.74) is -6.12. The first-order valence-electron chi connectivity index (χ1n) is 12.3. The van der Waals surface area contributed by atoms with Crippen LogP contribution < -0.4 is 10.6 Å². The van der Waals surface area contributed by atoms with Crippen LogP contribution in [0.5, 0.6) is 0 Å². The smallest absolute Gasteiger partial charge is 0.374 e. The van der Waals surface area contributed by atoms with Crippen LogP contribution in [0.15, 0.2) is 53.7 Å². The molecule has 3 aromatic rings. The summed E-state index contributed by atoms with van der Waals surface area (Å²) < 4.78 is 135. The fourth-order valence-corrected chi connectivity index (χ4v) is 4.86. The van der Waals surface area contributed by atoms with Crippen molar-refractivity contribution in [3.05, 3.63) is 81.6 Å². The molecule has 0 fully saturated rings. The highest BCUT2D eigenvalue weighted by molar-refractivity contribution is 6.30. The van der Waals surface area contributed by atoms with E-state index in [9.17, 15) is 48.7 Å². The van der Waals surface area contributed by atoms with E-state index in [4.69, 9.17) is 16.4 Å². The lowest BCUT2D eigenvalue weighted by molar-refractivity contribution is -0.276. The van der Waals surface area contributed by atoms with Crippen molar-refractivity contribution < 1.29 is 53.5 Å². The van der Waals surface area contributed by atoms with Crippen LogP contribution >= 0.6 is 11.6 Å². The molecule has 2 N–H and O–H groups in total. The molecule has 1 aliphatic rings. The minimum absolute atomic E-state index is 0.00736. The standard InChI is InChI=1S/C27H20ClF10N3O2/c1-13(39-11-22(42)40-12-25(30,31)32)15-6-7-18(17-5-3-2-4-16(15)17)21-10-24(43-41-21,27(36,37)38)14-8-19(26(33,34)35)23(29)20(28)9-14/h2-9,13,39H,10-12H2,1H3,(H,40,42). The molecule has 43 heavy (non-hydrogen) atoms. The number of hydrogen-bond acceptors (Lipinski definition) is 4. The van der Waals surface area contributed by atoms with Crippen molar-refractivity contribution in [2.45, 2.75) is 43.5 Å². The summed E-state index contributed by atoms with van der Waals surface area (Å²) in [5.74, 6) is -2.85. The second-order valence-corrected chi connectivity index (χ2v) is 10.1. The fraction of sp³-hybridized carbons (Fsp3) is 0.333. The topological polar surface area (TPSA) is 62.7 Å². The summed E-state index contributed by atoms with van der Waals surface area (Å²) in [6, 6.07) is 9.02. The Hall–Kier alpha value is -3.59. The Labute approximate surface area is 241 Å². The Morgan fingerprint density at radius 2 is 1.67 bits per heavy atom. The third-order valence-electron chi connectivity index (χ3n) is 6.78. The van der Waals surface area contributed by atoms with Gasteiger partial charge in [0.05, 0.1) is 22.8 Å². The number of nitrogens with zero attached hydrogens (tertiary/aromatic N) is 1. The normalized spacial score (nSPS) is 18.4. The van der Waals surface area contributed by atoms with Crippen LogP contribution in [0.25, 0.3) is 10.8 Å².